The monoisotopic (exact) mass is 445 g/mol. The Labute approximate surface area is 190 Å². The Morgan fingerprint density at radius 3 is 2.60 bits per heavy atom. The standard InChI is InChI=1S/C24H31N3OS.ClH/c1-3-12-25-24(28)16-19-10-11-23-21(15-19)27(18(2)17-26-13-6-7-14-26)20-8-4-5-9-22(20)29-23;/h4-5,8-11,15,18H,3,6-7,12-14,16-17H2,1-2H3,(H,25,28);1H. The molecule has 4 rings (SSSR count). The van der Waals surface area contributed by atoms with Crippen molar-refractivity contribution < 1.29 is 4.79 Å². The SMILES string of the molecule is CCCNC(=O)Cc1ccc2c(c1)N(C(C)CN1CCCC1)c1ccccc1S2.Cl. The number of halogens is 1. The molecule has 4 nitrogen and oxygen atoms in total. The Morgan fingerprint density at radius 1 is 1.10 bits per heavy atom. The van der Waals surface area contributed by atoms with Crippen LogP contribution in [-0.2, 0) is 11.2 Å². The van der Waals surface area contributed by atoms with Crippen molar-refractivity contribution in [1.82, 2.24) is 10.2 Å². The first-order chi connectivity index (χ1) is 14.2. The Hall–Kier alpha value is -1.69. The summed E-state index contributed by atoms with van der Waals surface area (Å²) in [6, 6.07) is 15.6. The zero-order valence-corrected chi connectivity index (χ0v) is 19.5. The van der Waals surface area contributed by atoms with E-state index in [1.54, 1.807) is 0 Å². The second-order valence-corrected chi connectivity index (χ2v) is 9.21. The van der Waals surface area contributed by atoms with Gasteiger partial charge in [-0.2, -0.15) is 0 Å². The van der Waals surface area contributed by atoms with Gasteiger partial charge >= 0.3 is 0 Å². The molecule has 1 amide bonds. The smallest absolute Gasteiger partial charge is 0.224 e. The summed E-state index contributed by atoms with van der Waals surface area (Å²) in [5.74, 6) is 0.104. The van der Waals surface area contributed by atoms with Gasteiger partial charge < -0.3 is 15.1 Å². The van der Waals surface area contributed by atoms with Gasteiger partial charge in [0.15, 0.2) is 0 Å². The molecule has 0 aromatic heterocycles. The van der Waals surface area contributed by atoms with Crippen molar-refractivity contribution >= 4 is 41.5 Å². The minimum atomic E-state index is 0. The molecule has 2 aromatic rings. The van der Waals surface area contributed by atoms with E-state index < -0.39 is 0 Å². The summed E-state index contributed by atoms with van der Waals surface area (Å²) in [6.45, 7) is 8.63. The molecule has 162 valence electrons. The maximum Gasteiger partial charge on any atom is 0.224 e. The zero-order valence-electron chi connectivity index (χ0n) is 17.9. The number of carbonyl (C=O) groups is 1. The Balaban J connectivity index is 0.00000256. The lowest BCUT2D eigenvalue weighted by Gasteiger charge is -2.39. The fourth-order valence-corrected chi connectivity index (χ4v) is 5.40. The average Bonchev–Trinajstić information content (AvgIpc) is 3.23. The summed E-state index contributed by atoms with van der Waals surface area (Å²) in [7, 11) is 0. The minimum absolute atomic E-state index is 0. The fourth-order valence-electron chi connectivity index (χ4n) is 4.35. The first-order valence-corrected chi connectivity index (χ1v) is 11.7. The number of anilines is 2. The number of amides is 1. The number of likely N-dealkylation sites (tertiary alicyclic amines) is 1. The molecule has 0 bridgehead atoms. The van der Waals surface area contributed by atoms with E-state index >= 15 is 0 Å². The minimum Gasteiger partial charge on any atom is -0.356 e. The van der Waals surface area contributed by atoms with Crippen LogP contribution in [0.25, 0.3) is 0 Å². The molecule has 1 saturated heterocycles. The predicted molar refractivity (Wildman–Crippen MR) is 129 cm³/mol. The van der Waals surface area contributed by atoms with Gasteiger partial charge in [0.2, 0.25) is 5.91 Å². The van der Waals surface area contributed by atoms with Crippen LogP contribution in [-0.4, -0.2) is 43.0 Å². The lowest BCUT2D eigenvalue weighted by molar-refractivity contribution is -0.120. The number of fused-ring (bicyclic) bond motifs is 2. The molecular formula is C24H32ClN3OS. The normalized spacial score (nSPS) is 16.4. The van der Waals surface area contributed by atoms with Gasteiger partial charge in [-0.1, -0.05) is 36.9 Å². The highest BCUT2D eigenvalue weighted by atomic mass is 35.5. The molecule has 2 heterocycles. The summed E-state index contributed by atoms with van der Waals surface area (Å²) in [5, 5.41) is 2.99. The van der Waals surface area contributed by atoms with Gasteiger partial charge in [-0.3, -0.25) is 4.79 Å². The zero-order chi connectivity index (χ0) is 20.2. The van der Waals surface area contributed by atoms with Gasteiger partial charge in [-0.25, -0.2) is 0 Å². The molecule has 0 saturated carbocycles. The summed E-state index contributed by atoms with van der Waals surface area (Å²) in [4.78, 5) is 19.9. The van der Waals surface area contributed by atoms with Crippen molar-refractivity contribution in [1.29, 1.82) is 0 Å². The van der Waals surface area contributed by atoms with Gasteiger partial charge in [0, 0.05) is 28.9 Å². The van der Waals surface area contributed by atoms with E-state index in [2.05, 4.69) is 71.4 Å². The van der Waals surface area contributed by atoms with Gasteiger partial charge in [0.1, 0.15) is 0 Å². The highest BCUT2D eigenvalue weighted by Crippen LogP contribution is 2.49. The number of rotatable bonds is 7. The number of hydrogen-bond acceptors (Lipinski definition) is 4. The third-order valence-electron chi connectivity index (χ3n) is 5.73. The summed E-state index contributed by atoms with van der Waals surface area (Å²) < 4.78 is 0. The highest BCUT2D eigenvalue weighted by molar-refractivity contribution is 7.99. The molecule has 6 heteroatoms. The van der Waals surface area contributed by atoms with E-state index in [-0.39, 0.29) is 18.3 Å². The predicted octanol–water partition coefficient (Wildman–Crippen LogP) is 5.26. The molecule has 1 fully saturated rings. The number of nitrogens with zero attached hydrogens (tertiary/aromatic N) is 2. The summed E-state index contributed by atoms with van der Waals surface area (Å²) >= 11 is 1.83. The van der Waals surface area contributed by atoms with E-state index in [1.165, 1.54) is 47.1 Å². The molecule has 1 unspecified atom stereocenters. The van der Waals surface area contributed by atoms with E-state index in [1.807, 2.05) is 11.8 Å². The molecule has 0 spiro atoms. The van der Waals surface area contributed by atoms with E-state index in [4.69, 9.17) is 0 Å². The molecule has 30 heavy (non-hydrogen) atoms. The molecule has 1 atom stereocenters. The Morgan fingerprint density at radius 2 is 1.83 bits per heavy atom. The van der Waals surface area contributed by atoms with Gasteiger partial charge in [-0.05, 0) is 69.1 Å². The van der Waals surface area contributed by atoms with Crippen LogP contribution < -0.4 is 10.2 Å². The van der Waals surface area contributed by atoms with Crippen LogP contribution in [0.4, 0.5) is 11.4 Å². The van der Waals surface area contributed by atoms with Crippen LogP contribution in [0.3, 0.4) is 0 Å². The maximum atomic E-state index is 12.2. The molecule has 2 aromatic carbocycles. The van der Waals surface area contributed by atoms with Crippen LogP contribution in [0.5, 0.6) is 0 Å². The number of nitrogens with one attached hydrogen (secondary N) is 1. The highest BCUT2D eigenvalue weighted by Gasteiger charge is 2.29. The second kappa shape index (κ2) is 10.6. The van der Waals surface area contributed by atoms with E-state index in [0.717, 1.165) is 25.1 Å². The van der Waals surface area contributed by atoms with E-state index in [9.17, 15) is 4.79 Å². The number of benzene rings is 2. The number of carbonyl (C=O) groups excluding carboxylic acids is 1. The van der Waals surface area contributed by atoms with Crippen LogP contribution in [0, 0.1) is 0 Å². The molecule has 2 aliphatic heterocycles. The maximum absolute atomic E-state index is 12.2. The molecule has 2 aliphatic rings. The Kier molecular flexibility index (Phi) is 8.09. The third-order valence-corrected chi connectivity index (χ3v) is 6.86. The van der Waals surface area contributed by atoms with E-state index in [0.29, 0.717) is 12.5 Å². The third kappa shape index (κ3) is 5.13. The van der Waals surface area contributed by atoms with Crippen LogP contribution in [0.1, 0.15) is 38.7 Å². The van der Waals surface area contributed by atoms with Crippen molar-refractivity contribution in [2.24, 2.45) is 0 Å². The Bertz CT molecular complexity index is 869. The molecular weight excluding hydrogens is 414 g/mol. The van der Waals surface area contributed by atoms with Gasteiger partial charge in [0.05, 0.1) is 17.8 Å². The number of para-hydroxylation sites is 1. The van der Waals surface area contributed by atoms with Crippen molar-refractivity contribution in [3.8, 4) is 0 Å². The molecule has 0 aliphatic carbocycles. The van der Waals surface area contributed by atoms with Crippen LogP contribution in [0.15, 0.2) is 52.3 Å². The molecule has 1 N–H and O–H groups in total. The lowest BCUT2D eigenvalue weighted by atomic mass is 10.1. The largest absolute Gasteiger partial charge is 0.356 e. The first kappa shape index (κ1) is 23.0. The fraction of sp³-hybridized carbons (Fsp3) is 0.458. The van der Waals surface area contributed by atoms with Crippen molar-refractivity contribution in [2.75, 3.05) is 31.1 Å². The summed E-state index contributed by atoms with van der Waals surface area (Å²) in [6.07, 6.45) is 4.03. The average molecular weight is 446 g/mol. The number of hydrogen-bond donors (Lipinski definition) is 1. The van der Waals surface area contributed by atoms with Gasteiger partial charge in [0.25, 0.3) is 0 Å². The van der Waals surface area contributed by atoms with Crippen molar-refractivity contribution in [3.63, 3.8) is 0 Å². The van der Waals surface area contributed by atoms with Crippen molar-refractivity contribution in [2.45, 2.75) is 55.4 Å². The topological polar surface area (TPSA) is 35.6 Å². The lowest BCUT2D eigenvalue weighted by Crippen LogP contribution is -2.40. The van der Waals surface area contributed by atoms with Crippen LogP contribution in [0.2, 0.25) is 0 Å². The second-order valence-electron chi connectivity index (χ2n) is 8.13. The van der Waals surface area contributed by atoms with Crippen molar-refractivity contribution in [3.05, 3.63) is 48.0 Å². The first-order valence-electron chi connectivity index (χ1n) is 10.8. The quantitative estimate of drug-likeness (QED) is 0.630. The summed E-state index contributed by atoms with van der Waals surface area (Å²) in [5.41, 5.74) is 3.60. The van der Waals surface area contributed by atoms with Gasteiger partial charge in [-0.15, -0.1) is 12.4 Å². The van der Waals surface area contributed by atoms with Crippen LogP contribution >= 0.6 is 24.2 Å². The molecule has 0 radical (unpaired) electrons.